The summed E-state index contributed by atoms with van der Waals surface area (Å²) in [6.07, 6.45) is 0. The van der Waals surface area contributed by atoms with Gasteiger partial charge in [-0.2, -0.15) is 0 Å². The van der Waals surface area contributed by atoms with Crippen LogP contribution in [0.5, 0.6) is 11.5 Å². The van der Waals surface area contributed by atoms with Crippen molar-refractivity contribution < 1.29 is 14.3 Å². The molecule has 0 spiro atoms. The van der Waals surface area contributed by atoms with Crippen molar-refractivity contribution in [3.05, 3.63) is 39.0 Å². The van der Waals surface area contributed by atoms with E-state index < -0.39 is 23.7 Å². The summed E-state index contributed by atoms with van der Waals surface area (Å²) < 4.78 is 12.3. The van der Waals surface area contributed by atoms with E-state index in [0.717, 1.165) is 9.13 Å². The van der Waals surface area contributed by atoms with E-state index in [-0.39, 0.29) is 11.5 Å². The molecule has 1 aromatic heterocycles. The van der Waals surface area contributed by atoms with Gasteiger partial charge in [-0.1, -0.05) is 0 Å². The molecule has 1 heterocycles. The molecule has 27 heavy (non-hydrogen) atoms. The Labute approximate surface area is 155 Å². The second-order valence-electron chi connectivity index (χ2n) is 5.98. The number of rotatable bonds is 6. The first-order valence-corrected chi connectivity index (χ1v) is 7.99. The van der Waals surface area contributed by atoms with Crippen LogP contribution in [0.4, 0.5) is 17.2 Å². The molecular formula is C17H23N5O5. The third-order valence-electron chi connectivity index (χ3n) is 4.00. The molecule has 0 aliphatic rings. The van der Waals surface area contributed by atoms with Gasteiger partial charge in [-0.15, -0.1) is 0 Å². The van der Waals surface area contributed by atoms with Crippen molar-refractivity contribution in [3.8, 4) is 11.5 Å². The van der Waals surface area contributed by atoms with E-state index in [4.69, 9.17) is 15.2 Å². The van der Waals surface area contributed by atoms with Gasteiger partial charge in [0.2, 0.25) is 5.91 Å². The van der Waals surface area contributed by atoms with Crippen molar-refractivity contribution in [1.29, 1.82) is 0 Å². The summed E-state index contributed by atoms with van der Waals surface area (Å²) in [5, 5.41) is 2.63. The predicted molar refractivity (Wildman–Crippen MR) is 103 cm³/mol. The van der Waals surface area contributed by atoms with Gasteiger partial charge in [-0.3, -0.25) is 14.2 Å². The van der Waals surface area contributed by atoms with Crippen molar-refractivity contribution in [3.63, 3.8) is 0 Å². The van der Waals surface area contributed by atoms with E-state index in [2.05, 4.69) is 5.32 Å². The van der Waals surface area contributed by atoms with Crippen LogP contribution in [0.15, 0.2) is 27.8 Å². The maximum atomic E-state index is 12.6. The van der Waals surface area contributed by atoms with Crippen LogP contribution in [0.1, 0.15) is 0 Å². The van der Waals surface area contributed by atoms with Gasteiger partial charge in [0.1, 0.15) is 29.5 Å². The molecule has 2 aromatic rings. The summed E-state index contributed by atoms with van der Waals surface area (Å²) in [5.74, 6) is 0.411. The van der Waals surface area contributed by atoms with E-state index in [0.29, 0.717) is 17.2 Å². The number of nitrogens with one attached hydrogen (secondary N) is 1. The molecule has 146 valence electrons. The number of hydrogen-bond donors (Lipinski definition) is 2. The van der Waals surface area contributed by atoms with Crippen LogP contribution in [0.25, 0.3) is 0 Å². The molecule has 0 aliphatic heterocycles. The van der Waals surface area contributed by atoms with Crippen molar-refractivity contribution in [1.82, 2.24) is 9.13 Å². The van der Waals surface area contributed by atoms with Gasteiger partial charge in [0, 0.05) is 27.2 Å². The van der Waals surface area contributed by atoms with E-state index in [9.17, 15) is 14.4 Å². The summed E-state index contributed by atoms with van der Waals surface area (Å²) in [6.45, 7) is -0.470. The maximum Gasteiger partial charge on any atom is 0.332 e. The highest BCUT2D eigenvalue weighted by atomic mass is 16.5. The minimum atomic E-state index is -0.681. The molecule has 0 fully saturated rings. The average molecular weight is 377 g/mol. The number of hydrogen-bond acceptors (Lipinski definition) is 7. The van der Waals surface area contributed by atoms with Crippen LogP contribution in [0.2, 0.25) is 0 Å². The zero-order chi connectivity index (χ0) is 20.3. The zero-order valence-corrected chi connectivity index (χ0v) is 15.9. The SMILES string of the molecule is COc1ccc(NC(=O)Cn2c(=O)c(N(C)C)c(N)n(C)c2=O)c(OC)c1. The molecule has 0 atom stereocenters. The Kier molecular flexibility index (Phi) is 5.78. The topological polar surface area (TPSA) is 121 Å². The monoisotopic (exact) mass is 377 g/mol. The van der Waals surface area contributed by atoms with E-state index in [1.807, 2.05) is 0 Å². The quantitative estimate of drug-likeness (QED) is 0.718. The number of methoxy groups -OCH3 is 2. The smallest absolute Gasteiger partial charge is 0.332 e. The van der Waals surface area contributed by atoms with E-state index in [1.165, 1.54) is 26.2 Å². The summed E-state index contributed by atoms with van der Waals surface area (Å²) in [6, 6.07) is 4.86. The van der Waals surface area contributed by atoms with Crippen LogP contribution in [-0.4, -0.2) is 43.4 Å². The predicted octanol–water partition coefficient (Wildman–Crippen LogP) is -0.149. The fraction of sp³-hybridized carbons (Fsp3) is 0.353. The van der Waals surface area contributed by atoms with Crippen LogP contribution in [0, 0.1) is 0 Å². The number of nitrogens with zero attached hydrogens (tertiary/aromatic N) is 3. The zero-order valence-electron chi connectivity index (χ0n) is 15.9. The van der Waals surface area contributed by atoms with E-state index >= 15 is 0 Å². The molecule has 0 aliphatic carbocycles. The summed E-state index contributed by atoms with van der Waals surface area (Å²) in [7, 11) is 7.66. The number of benzene rings is 1. The van der Waals surface area contributed by atoms with Gasteiger partial charge in [0.25, 0.3) is 5.56 Å². The molecule has 3 N–H and O–H groups in total. The molecule has 0 radical (unpaired) electrons. The highest BCUT2D eigenvalue weighted by Crippen LogP contribution is 2.28. The fourth-order valence-electron chi connectivity index (χ4n) is 2.56. The molecule has 10 heteroatoms. The summed E-state index contributed by atoms with van der Waals surface area (Å²) in [5.41, 5.74) is 5.05. The Bertz CT molecular complexity index is 977. The lowest BCUT2D eigenvalue weighted by Gasteiger charge is -2.18. The number of ether oxygens (including phenoxy) is 2. The summed E-state index contributed by atoms with van der Waals surface area (Å²) in [4.78, 5) is 38.9. The molecule has 1 amide bonds. The highest BCUT2D eigenvalue weighted by molar-refractivity contribution is 5.92. The number of nitrogens with two attached hydrogens (primary N) is 1. The first-order valence-electron chi connectivity index (χ1n) is 7.99. The normalized spacial score (nSPS) is 10.4. The van der Waals surface area contributed by atoms with Gasteiger partial charge in [0.15, 0.2) is 0 Å². The van der Waals surface area contributed by atoms with Crippen molar-refractivity contribution >= 4 is 23.1 Å². The van der Waals surface area contributed by atoms with Crippen LogP contribution in [-0.2, 0) is 18.4 Å². The molecule has 0 bridgehead atoms. The first-order chi connectivity index (χ1) is 12.7. The highest BCUT2D eigenvalue weighted by Gasteiger charge is 2.19. The average Bonchev–Trinajstić information content (AvgIpc) is 2.63. The van der Waals surface area contributed by atoms with Gasteiger partial charge in [-0.25, -0.2) is 9.36 Å². The molecular weight excluding hydrogens is 354 g/mol. The second-order valence-corrected chi connectivity index (χ2v) is 5.98. The molecule has 0 saturated carbocycles. The van der Waals surface area contributed by atoms with E-state index in [1.54, 1.807) is 32.3 Å². The molecule has 0 saturated heterocycles. The molecule has 10 nitrogen and oxygen atoms in total. The Morgan fingerprint density at radius 3 is 2.44 bits per heavy atom. The Hall–Kier alpha value is -3.43. The number of aromatic nitrogens is 2. The molecule has 2 rings (SSSR count). The summed E-state index contributed by atoms with van der Waals surface area (Å²) >= 11 is 0. The first kappa shape index (κ1) is 19.9. The molecule has 0 unspecified atom stereocenters. The van der Waals surface area contributed by atoms with Gasteiger partial charge in [-0.05, 0) is 12.1 Å². The Morgan fingerprint density at radius 2 is 1.89 bits per heavy atom. The number of nitrogen functional groups attached to an aromatic ring is 1. The van der Waals surface area contributed by atoms with Crippen molar-refractivity contribution in [2.24, 2.45) is 7.05 Å². The van der Waals surface area contributed by atoms with Crippen molar-refractivity contribution in [2.45, 2.75) is 6.54 Å². The van der Waals surface area contributed by atoms with Crippen LogP contribution >= 0.6 is 0 Å². The minimum absolute atomic E-state index is 0.0310. The number of carbonyl (C=O) groups is 1. The number of anilines is 3. The third kappa shape index (κ3) is 3.89. The second kappa shape index (κ2) is 7.85. The number of carbonyl (C=O) groups excluding carboxylic acids is 1. The standard InChI is InChI=1S/C17H23N5O5/c1-20(2)14-15(18)21(3)17(25)22(16(14)24)9-13(23)19-11-7-6-10(26-4)8-12(11)27-5/h6-8H,9,18H2,1-5H3,(H,19,23). The Balaban J connectivity index is 2.37. The largest absolute Gasteiger partial charge is 0.497 e. The van der Waals surface area contributed by atoms with Gasteiger partial charge >= 0.3 is 5.69 Å². The lowest BCUT2D eigenvalue weighted by atomic mass is 10.2. The minimum Gasteiger partial charge on any atom is -0.497 e. The molecule has 1 aromatic carbocycles. The van der Waals surface area contributed by atoms with Crippen molar-refractivity contribution in [2.75, 3.05) is 44.3 Å². The third-order valence-corrected chi connectivity index (χ3v) is 4.00. The lowest BCUT2D eigenvalue weighted by molar-refractivity contribution is -0.116. The maximum absolute atomic E-state index is 12.6. The number of amides is 1. The van der Waals surface area contributed by atoms with Crippen LogP contribution in [0.3, 0.4) is 0 Å². The lowest BCUT2D eigenvalue weighted by Crippen LogP contribution is -2.44. The Morgan fingerprint density at radius 1 is 1.22 bits per heavy atom. The van der Waals surface area contributed by atoms with Crippen LogP contribution < -0.4 is 36.7 Å². The van der Waals surface area contributed by atoms with Gasteiger partial charge < -0.3 is 25.4 Å². The van der Waals surface area contributed by atoms with Gasteiger partial charge in [0.05, 0.1) is 19.9 Å². The fourth-order valence-corrected chi connectivity index (χ4v) is 2.56.